The summed E-state index contributed by atoms with van der Waals surface area (Å²) in [5.74, 6) is -0.759. The van der Waals surface area contributed by atoms with Crippen molar-refractivity contribution in [2.75, 3.05) is 5.32 Å². The number of hydrazone groups is 1. The summed E-state index contributed by atoms with van der Waals surface area (Å²) in [6, 6.07) is 20.8. The number of carbonyl (C=O) groups excluding carboxylic acids is 2. The van der Waals surface area contributed by atoms with Crippen LogP contribution in [0, 0.1) is 0 Å². The Bertz CT molecular complexity index is 1040. The van der Waals surface area contributed by atoms with Gasteiger partial charge in [0.15, 0.2) is 0 Å². The molecule has 2 N–H and O–H groups in total. The molecule has 140 valence electrons. The fourth-order valence-electron chi connectivity index (χ4n) is 2.40. The van der Waals surface area contributed by atoms with Gasteiger partial charge in [-0.2, -0.15) is 5.10 Å². The van der Waals surface area contributed by atoms with Crippen molar-refractivity contribution < 1.29 is 9.59 Å². The van der Waals surface area contributed by atoms with Crippen LogP contribution in [-0.4, -0.2) is 18.0 Å². The van der Waals surface area contributed by atoms with Gasteiger partial charge in [0.05, 0.1) is 23.0 Å². The lowest BCUT2D eigenvalue weighted by Gasteiger charge is -2.10. The molecule has 3 rings (SSSR count). The van der Waals surface area contributed by atoms with E-state index in [2.05, 4.69) is 31.8 Å². The molecule has 28 heavy (non-hydrogen) atoms. The van der Waals surface area contributed by atoms with Gasteiger partial charge >= 0.3 is 0 Å². The number of amides is 2. The van der Waals surface area contributed by atoms with Crippen LogP contribution in [-0.2, 0) is 0 Å². The Morgan fingerprint density at radius 3 is 2.21 bits per heavy atom. The van der Waals surface area contributed by atoms with Crippen molar-refractivity contribution in [3.05, 3.63) is 99.0 Å². The number of para-hydroxylation sites is 1. The minimum absolute atomic E-state index is 0.302. The second kappa shape index (κ2) is 9.30. The maximum atomic E-state index is 12.5. The molecule has 3 aromatic carbocycles. The smallest absolute Gasteiger partial charge is 0.273 e. The van der Waals surface area contributed by atoms with E-state index in [0.29, 0.717) is 26.3 Å². The van der Waals surface area contributed by atoms with Gasteiger partial charge < -0.3 is 5.32 Å². The molecule has 0 aliphatic carbocycles. The predicted molar refractivity (Wildman–Crippen MR) is 115 cm³/mol. The molecular formula is C21H15BrClN3O2. The quantitative estimate of drug-likeness (QED) is 0.413. The fourth-order valence-corrected chi connectivity index (χ4v) is 2.99. The van der Waals surface area contributed by atoms with E-state index in [1.165, 1.54) is 6.21 Å². The van der Waals surface area contributed by atoms with Crippen LogP contribution >= 0.6 is 27.5 Å². The number of benzene rings is 3. The highest BCUT2D eigenvalue weighted by Gasteiger charge is 2.15. The molecule has 0 aliphatic rings. The van der Waals surface area contributed by atoms with Gasteiger partial charge in [-0.1, -0.05) is 48.0 Å². The zero-order valence-electron chi connectivity index (χ0n) is 14.5. The molecule has 2 amide bonds. The van der Waals surface area contributed by atoms with Crippen molar-refractivity contribution in [1.29, 1.82) is 0 Å². The lowest BCUT2D eigenvalue weighted by Crippen LogP contribution is -2.21. The SMILES string of the molecule is O=C(Nc1ccccc1C(=O)NN=Cc1ccc(Cl)cc1)c1ccccc1Br. The molecule has 0 fully saturated rings. The summed E-state index contributed by atoms with van der Waals surface area (Å²) in [5.41, 5.74) is 4.42. The molecule has 0 saturated carbocycles. The third-order valence-electron chi connectivity index (χ3n) is 3.79. The van der Waals surface area contributed by atoms with E-state index in [9.17, 15) is 9.59 Å². The first-order valence-electron chi connectivity index (χ1n) is 8.28. The first kappa shape index (κ1) is 19.8. The van der Waals surface area contributed by atoms with Crippen LogP contribution in [0.15, 0.2) is 82.4 Å². The highest BCUT2D eigenvalue weighted by atomic mass is 79.9. The monoisotopic (exact) mass is 455 g/mol. The molecule has 0 radical (unpaired) electrons. The van der Waals surface area contributed by atoms with E-state index in [4.69, 9.17) is 11.6 Å². The van der Waals surface area contributed by atoms with Crippen LogP contribution in [0.3, 0.4) is 0 Å². The van der Waals surface area contributed by atoms with Gasteiger partial charge in [0.2, 0.25) is 0 Å². The molecular weight excluding hydrogens is 442 g/mol. The van der Waals surface area contributed by atoms with Gasteiger partial charge in [0.25, 0.3) is 11.8 Å². The zero-order valence-corrected chi connectivity index (χ0v) is 16.9. The lowest BCUT2D eigenvalue weighted by molar-refractivity contribution is 0.0956. The third kappa shape index (κ3) is 5.06. The summed E-state index contributed by atoms with van der Waals surface area (Å²) >= 11 is 9.19. The van der Waals surface area contributed by atoms with Crippen molar-refractivity contribution >= 4 is 51.2 Å². The van der Waals surface area contributed by atoms with Crippen LogP contribution in [0.5, 0.6) is 0 Å². The number of hydrogen-bond acceptors (Lipinski definition) is 3. The van der Waals surface area contributed by atoms with Crippen molar-refractivity contribution in [2.45, 2.75) is 0 Å². The van der Waals surface area contributed by atoms with Gasteiger partial charge in [0.1, 0.15) is 0 Å². The number of hydrogen-bond donors (Lipinski definition) is 2. The number of rotatable bonds is 5. The lowest BCUT2D eigenvalue weighted by atomic mass is 10.1. The summed E-state index contributed by atoms with van der Waals surface area (Å²) < 4.78 is 0.669. The minimum atomic E-state index is -0.437. The second-order valence-corrected chi connectivity index (χ2v) is 7.02. The van der Waals surface area contributed by atoms with E-state index in [-0.39, 0.29) is 5.91 Å². The Morgan fingerprint density at radius 2 is 1.50 bits per heavy atom. The number of nitrogens with zero attached hydrogens (tertiary/aromatic N) is 1. The molecule has 7 heteroatoms. The van der Waals surface area contributed by atoms with E-state index >= 15 is 0 Å². The average Bonchev–Trinajstić information content (AvgIpc) is 2.70. The Morgan fingerprint density at radius 1 is 0.857 bits per heavy atom. The second-order valence-electron chi connectivity index (χ2n) is 5.73. The molecule has 0 heterocycles. The molecule has 0 saturated heterocycles. The largest absolute Gasteiger partial charge is 0.321 e. The summed E-state index contributed by atoms with van der Waals surface area (Å²) in [6.07, 6.45) is 1.51. The predicted octanol–water partition coefficient (Wildman–Crippen LogP) is 5.12. The third-order valence-corrected chi connectivity index (χ3v) is 4.73. The van der Waals surface area contributed by atoms with E-state index < -0.39 is 5.91 Å². The standard InChI is InChI=1S/C21H15BrClN3O2/c22-18-7-3-1-5-16(18)20(27)25-19-8-4-2-6-17(19)21(28)26-24-13-14-9-11-15(23)12-10-14/h1-13H,(H,25,27)(H,26,28). The summed E-state index contributed by atoms with van der Waals surface area (Å²) in [4.78, 5) is 25.0. The van der Waals surface area contributed by atoms with Crippen LogP contribution in [0.2, 0.25) is 5.02 Å². The van der Waals surface area contributed by atoms with Gasteiger partial charge in [-0.15, -0.1) is 0 Å². The first-order valence-corrected chi connectivity index (χ1v) is 9.45. The topological polar surface area (TPSA) is 70.6 Å². The molecule has 0 atom stereocenters. The molecule has 5 nitrogen and oxygen atoms in total. The fraction of sp³-hybridized carbons (Fsp3) is 0. The molecule has 0 spiro atoms. The maximum Gasteiger partial charge on any atom is 0.273 e. The zero-order chi connectivity index (χ0) is 19.9. The van der Waals surface area contributed by atoms with Gasteiger partial charge in [-0.3, -0.25) is 9.59 Å². The van der Waals surface area contributed by atoms with E-state index in [1.54, 1.807) is 66.7 Å². The number of carbonyl (C=O) groups is 2. The molecule has 0 unspecified atom stereocenters. The first-order chi connectivity index (χ1) is 13.5. The van der Waals surface area contributed by atoms with Gasteiger partial charge in [-0.25, -0.2) is 5.43 Å². The van der Waals surface area contributed by atoms with Crippen molar-refractivity contribution in [1.82, 2.24) is 5.43 Å². The van der Waals surface area contributed by atoms with E-state index in [1.807, 2.05) is 6.07 Å². The Kier molecular flexibility index (Phi) is 6.57. The van der Waals surface area contributed by atoms with Crippen LogP contribution in [0.25, 0.3) is 0 Å². The number of nitrogens with one attached hydrogen (secondary N) is 2. The Hall–Kier alpha value is -2.96. The van der Waals surface area contributed by atoms with Crippen molar-refractivity contribution in [3.63, 3.8) is 0 Å². The molecule has 0 aromatic heterocycles. The molecule has 0 aliphatic heterocycles. The normalized spacial score (nSPS) is 10.6. The van der Waals surface area contributed by atoms with Crippen molar-refractivity contribution in [2.24, 2.45) is 5.10 Å². The summed E-state index contributed by atoms with van der Waals surface area (Å²) in [6.45, 7) is 0. The maximum absolute atomic E-state index is 12.5. The van der Waals surface area contributed by atoms with Gasteiger partial charge in [-0.05, 0) is 57.9 Å². The highest BCUT2D eigenvalue weighted by molar-refractivity contribution is 9.10. The van der Waals surface area contributed by atoms with E-state index in [0.717, 1.165) is 5.56 Å². The Labute approximate surface area is 175 Å². The average molecular weight is 457 g/mol. The van der Waals surface area contributed by atoms with Crippen LogP contribution < -0.4 is 10.7 Å². The molecule has 0 bridgehead atoms. The van der Waals surface area contributed by atoms with Gasteiger partial charge in [0, 0.05) is 9.50 Å². The highest BCUT2D eigenvalue weighted by Crippen LogP contribution is 2.20. The number of anilines is 1. The minimum Gasteiger partial charge on any atom is -0.321 e. The van der Waals surface area contributed by atoms with Crippen LogP contribution in [0.4, 0.5) is 5.69 Å². The Balaban J connectivity index is 1.72. The molecule has 3 aromatic rings. The number of halogens is 2. The summed E-state index contributed by atoms with van der Waals surface area (Å²) in [7, 11) is 0. The summed E-state index contributed by atoms with van der Waals surface area (Å²) in [5, 5.41) is 7.34. The van der Waals surface area contributed by atoms with Crippen LogP contribution in [0.1, 0.15) is 26.3 Å². The van der Waals surface area contributed by atoms with Crippen molar-refractivity contribution in [3.8, 4) is 0 Å².